The Morgan fingerprint density at radius 2 is 1.94 bits per heavy atom. The molecule has 0 saturated carbocycles. The van der Waals surface area contributed by atoms with Crippen molar-refractivity contribution in [3.8, 4) is 5.88 Å². The van der Waals surface area contributed by atoms with Crippen LogP contribution in [0.4, 0.5) is 0 Å². The van der Waals surface area contributed by atoms with Crippen LogP contribution in [-0.2, 0) is 9.53 Å². The maximum atomic E-state index is 11.6. The van der Waals surface area contributed by atoms with Crippen LogP contribution in [0.25, 0.3) is 0 Å². The largest absolute Gasteiger partial charge is 0.481 e. The van der Waals surface area contributed by atoms with Crippen LogP contribution in [0.15, 0.2) is 18.3 Å². The Morgan fingerprint density at radius 3 is 2.39 bits per heavy atom. The van der Waals surface area contributed by atoms with E-state index in [1.807, 2.05) is 0 Å². The maximum Gasteiger partial charge on any atom is 0.340 e. The Hall–Kier alpha value is -1.91. The molecule has 0 saturated heterocycles. The molecule has 0 unspecified atom stereocenters. The molecular formula is C13H17NO4. The highest BCUT2D eigenvalue weighted by Gasteiger charge is 2.22. The summed E-state index contributed by atoms with van der Waals surface area (Å²) in [6.45, 7) is 5.10. The third-order valence-electron chi connectivity index (χ3n) is 2.35. The van der Waals surface area contributed by atoms with Gasteiger partial charge in [0, 0.05) is 17.7 Å². The van der Waals surface area contributed by atoms with Crippen LogP contribution in [0.1, 0.15) is 31.1 Å². The van der Waals surface area contributed by atoms with Gasteiger partial charge in [-0.1, -0.05) is 20.8 Å². The normalized spacial score (nSPS) is 10.9. The molecule has 1 heterocycles. The second-order valence-electron chi connectivity index (χ2n) is 4.84. The Morgan fingerprint density at radius 1 is 1.28 bits per heavy atom. The SMILES string of the molecule is COc1ccc(C(=O)OCC(=O)C(C)(C)C)cn1. The summed E-state index contributed by atoms with van der Waals surface area (Å²) in [6.07, 6.45) is 1.35. The van der Waals surface area contributed by atoms with Crippen LogP contribution in [0, 0.1) is 5.41 Å². The van der Waals surface area contributed by atoms with Crippen molar-refractivity contribution in [2.45, 2.75) is 20.8 Å². The molecule has 0 amide bonds. The molecule has 0 atom stereocenters. The van der Waals surface area contributed by atoms with Crippen LogP contribution in [0.3, 0.4) is 0 Å². The van der Waals surface area contributed by atoms with E-state index in [0.29, 0.717) is 5.88 Å². The second kappa shape index (κ2) is 5.62. The number of carbonyl (C=O) groups excluding carboxylic acids is 2. The zero-order valence-electron chi connectivity index (χ0n) is 11.0. The summed E-state index contributed by atoms with van der Waals surface area (Å²) in [4.78, 5) is 27.1. The van der Waals surface area contributed by atoms with E-state index < -0.39 is 11.4 Å². The van der Waals surface area contributed by atoms with Gasteiger partial charge in [0.05, 0.1) is 12.7 Å². The van der Waals surface area contributed by atoms with Gasteiger partial charge in [0.25, 0.3) is 0 Å². The molecule has 1 aromatic rings. The lowest BCUT2D eigenvalue weighted by molar-refractivity contribution is -0.129. The highest BCUT2D eigenvalue weighted by molar-refractivity contribution is 5.92. The number of hydrogen-bond donors (Lipinski definition) is 0. The molecule has 0 aliphatic heterocycles. The van der Waals surface area contributed by atoms with Gasteiger partial charge in [-0.2, -0.15) is 0 Å². The van der Waals surface area contributed by atoms with Gasteiger partial charge in [-0.05, 0) is 6.07 Å². The van der Waals surface area contributed by atoms with Crippen molar-refractivity contribution in [2.24, 2.45) is 5.41 Å². The minimum Gasteiger partial charge on any atom is -0.481 e. The summed E-state index contributed by atoms with van der Waals surface area (Å²) in [5, 5.41) is 0. The number of methoxy groups -OCH3 is 1. The summed E-state index contributed by atoms with van der Waals surface area (Å²) in [7, 11) is 1.49. The Kier molecular flexibility index (Phi) is 4.42. The van der Waals surface area contributed by atoms with Crippen molar-refractivity contribution in [1.29, 1.82) is 0 Å². The molecule has 18 heavy (non-hydrogen) atoms. The molecule has 0 bridgehead atoms. The van der Waals surface area contributed by atoms with E-state index in [2.05, 4.69) is 4.98 Å². The predicted molar refractivity (Wildman–Crippen MR) is 65.5 cm³/mol. The first-order valence-electron chi connectivity index (χ1n) is 5.55. The Balaban J connectivity index is 2.58. The fourth-order valence-electron chi connectivity index (χ4n) is 1.05. The highest BCUT2D eigenvalue weighted by Crippen LogP contribution is 2.15. The number of pyridine rings is 1. The first-order valence-corrected chi connectivity index (χ1v) is 5.55. The maximum absolute atomic E-state index is 11.6. The third kappa shape index (κ3) is 3.84. The van der Waals surface area contributed by atoms with Gasteiger partial charge < -0.3 is 9.47 Å². The van der Waals surface area contributed by atoms with Gasteiger partial charge in [-0.25, -0.2) is 9.78 Å². The number of carbonyl (C=O) groups is 2. The predicted octanol–water partition coefficient (Wildman–Crippen LogP) is 1.86. The first kappa shape index (κ1) is 14.2. The fourth-order valence-corrected chi connectivity index (χ4v) is 1.05. The molecule has 5 nitrogen and oxygen atoms in total. The Bertz CT molecular complexity index is 431. The molecule has 0 aliphatic carbocycles. The molecule has 0 N–H and O–H groups in total. The number of ketones is 1. The lowest BCUT2D eigenvalue weighted by atomic mass is 9.91. The smallest absolute Gasteiger partial charge is 0.340 e. The minimum atomic E-state index is -0.567. The van der Waals surface area contributed by atoms with E-state index >= 15 is 0 Å². The van der Waals surface area contributed by atoms with Crippen molar-refractivity contribution in [3.63, 3.8) is 0 Å². The zero-order valence-corrected chi connectivity index (χ0v) is 11.0. The number of nitrogens with zero attached hydrogens (tertiary/aromatic N) is 1. The summed E-state index contributed by atoms with van der Waals surface area (Å²) >= 11 is 0. The quantitative estimate of drug-likeness (QED) is 0.764. The van der Waals surface area contributed by atoms with Crippen molar-refractivity contribution in [3.05, 3.63) is 23.9 Å². The van der Waals surface area contributed by atoms with Crippen LogP contribution < -0.4 is 4.74 Å². The number of hydrogen-bond acceptors (Lipinski definition) is 5. The van der Waals surface area contributed by atoms with E-state index in [-0.39, 0.29) is 18.0 Å². The standard InChI is InChI=1S/C13H17NO4/c1-13(2,3)10(15)8-18-12(16)9-5-6-11(17-4)14-7-9/h5-7H,8H2,1-4H3. The highest BCUT2D eigenvalue weighted by atomic mass is 16.5. The minimum absolute atomic E-state index is 0.127. The topological polar surface area (TPSA) is 65.5 Å². The van der Waals surface area contributed by atoms with Crippen molar-refractivity contribution < 1.29 is 19.1 Å². The third-order valence-corrected chi connectivity index (χ3v) is 2.35. The number of esters is 1. The molecule has 1 rings (SSSR count). The lowest BCUT2D eigenvalue weighted by Crippen LogP contribution is -2.26. The lowest BCUT2D eigenvalue weighted by Gasteiger charge is -2.16. The van der Waals surface area contributed by atoms with E-state index in [9.17, 15) is 9.59 Å². The Labute approximate surface area is 106 Å². The summed E-state index contributed by atoms with van der Waals surface area (Å²) < 4.78 is 9.80. The first-order chi connectivity index (χ1) is 8.34. The van der Waals surface area contributed by atoms with Crippen LogP contribution in [0.2, 0.25) is 0 Å². The molecular weight excluding hydrogens is 234 g/mol. The average Bonchev–Trinajstić information content (AvgIpc) is 2.34. The van der Waals surface area contributed by atoms with Crippen molar-refractivity contribution in [2.75, 3.05) is 13.7 Å². The molecule has 5 heteroatoms. The zero-order chi connectivity index (χ0) is 13.8. The van der Waals surface area contributed by atoms with Gasteiger partial charge in [-0.15, -0.1) is 0 Å². The number of Topliss-reactive ketones (excluding diaryl/α,β-unsaturated/α-hetero) is 1. The molecule has 98 valence electrons. The van der Waals surface area contributed by atoms with Gasteiger partial charge in [0.1, 0.15) is 0 Å². The van der Waals surface area contributed by atoms with Crippen LogP contribution in [0.5, 0.6) is 5.88 Å². The number of ether oxygens (including phenoxy) is 2. The monoisotopic (exact) mass is 251 g/mol. The molecule has 0 radical (unpaired) electrons. The summed E-state index contributed by atoms with van der Waals surface area (Å²) in [6, 6.07) is 3.10. The molecule has 0 aliphatic rings. The van der Waals surface area contributed by atoms with E-state index in [1.165, 1.54) is 19.4 Å². The number of aromatic nitrogens is 1. The van der Waals surface area contributed by atoms with Crippen molar-refractivity contribution >= 4 is 11.8 Å². The van der Waals surface area contributed by atoms with Crippen molar-refractivity contribution in [1.82, 2.24) is 4.98 Å². The summed E-state index contributed by atoms with van der Waals surface area (Å²) in [5.41, 5.74) is -0.226. The van der Waals surface area contributed by atoms with Gasteiger partial charge in [0.15, 0.2) is 12.4 Å². The number of rotatable bonds is 4. The van der Waals surface area contributed by atoms with Crippen LogP contribution >= 0.6 is 0 Å². The fraction of sp³-hybridized carbons (Fsp3) is 0.462. The van der Waals surface area contributed by atoms with Gasteiger partial charge in [0.2, 0.25) is 5.88 Å². The van der Waals surface area contributed by atoms with E-state index in [4.69, 9.17) is 9.47 Å². The second-order valence-corrected chi connectivity index (χ2v) is 4.84. The molecule has 1 aromatic heterocycles. The molecule has 0 aromatic carbocycles. The van der Waals surface area contributed by atoms with Gasteiger partial charge >= 0.3 is 5.97 Å². The van der Waals surface area contributed by atoms with E-state index in [1.54, 1.807) is 26.8 Å². The molecule has 0 fully saturated rings. The average molecular weight is 251 g/mol. The molecule has 0 spiro atoms. The van der Waals surface area contributed by atoms with E-state index in [0.717, 1.165) is 0 Å². The summed E-state index contributed by atoms with van der Waals surface area (Å²) in [5.74, 6) is -0.280. The van der Waals surface area contributed by atoms with Gasteiger partial charge in [-0.3, -0.25) is 4.79 Å². The van der Waals surface area contributed by atoms with Crippen LogP contribution in [-0.4, -0.2) is 30.5 Å².